The zero-order valence-electron chi connectivity index (χ0n) is 41.4. The molecule has 3 heterocycles. The molecule has 1 spiro atoms. The number of rotatable bonds is 4. The van der Waals surface area contributed by atoms with Crippen molar-refractivity contribution in [2.24, 2.45) is 0 Å². The first-order valence-corrected chi connectivity index (χ1v) is 22.9. The third kappa shape index (κ3) is 13.2. The second-order valence-corrected chi connectivity index (χ2v) is 18.5. The molecule has 3 aliphatic heterocycles. The largest absolute Gasteiger partial charge is 0.508 e. The fraction of sp³-hybridized carbons (Fsp3) is 0.540. The molecule has 1 fully saturated rings. The average Bonchev–Trinajstić information content (AvgIpc) is 3.53. The smallest absolute Gasteiger partial charge is 0.410 e. The highest BCUT2D eigenvalue weighted by atomic mass is 19.1. The van der Waals surface area contributed by atoms with Crippen LogP contribution in [0.4, 0.5) is 18.8 Å². The van der Waals surface area contributed by atoms with Crippen molar-refractivity contribution in [3.8, 4) is 23.0 Å². The zero-order valence-corrected chi connectivity index (χ0v) is 41.4. The number of carbonyl (C=O) groups is 5. The minimum atomic E-state index is -1.55. The van der Waals surface area contributed by atoms with E-state index < -0.39 is 59.2 Å². The van der Waals surface area contributed by atoms with Crippen molar-refractivity contribution in [1.82, 2.24) is 19.6 Å². The first-order chi connectivity index (χ1) is 31.5. The first-order valence-electron chi connectivity index (χ1n) is 22.9. The van der Waals surface area contributed by atoms with Crippen LogP contribution in [0, 0.1) is 0 Å². The predicted octanol–water partition coefficient (Wildman–Crippen LogP) is 9.53. The van der Waals surface area contributed by atoms with Crippen LogP contribution in [0.5, 0.6) is 23.0 Å². The third-order valence-electron chi connectivity index (χ3n) is 10.2. The molecular formula is C50H69FN4O12. The molecule has 3 aromatic carbocycles. The number of ether oxygens (including phenoxy) is 6. The molecule has 0 bridgehead atoms. The molecular weight excluding hydrogens is 868 g/mol. The van der Waals surface area contributed by atoms with E-state index >= 15 is 0 Å². The first kappa shape index (κ1) is 53.4. The molecule has 0 aromatic heterocycles. The van der Waals surface area contributed by atoms with Gasteiger partial charge in [0, 0.05) is 86.7 Å². The molecule has 16 nitrogen and oxygen atoms in total. The van der Waals surface area contributed by atoms with Gasteiger partial charge in [-0.2, -0.15) is 0 Å². The third-order valence-corrected chi connectivity index (χ3v) is 10.2. The van der Waals surface area contributed by atoms with E-state index in [1.165, 1.54) is 37.8 Å². The maximum atomic E-state index is 14.7. The summed E-state index contributed by atoms with van der Waals surface area (Å²) in [5, 5.41) is 10.4. The van der Waals surface area contributed by atoms with Crippen molar-refractivity contribution >= 4 is 30.2 Å². The van der Waals surface area contributed by atoms with Crippen LogP contribution in [0.15, 0.2) is 54.6 Å². The summed E-state index contributed by atoms with van der Waals surface area (Å²) in [6.07, 6.45) is -1.92. The number of hydrogen-bond donors (Lipinski definition) is 1. The van der Waals surface area contributed by atoms with Crippen LogP contribution in [-0.2, 0) is 24.5 Å². The van der Waals surface area contributed by atoms with E-state index in [-0.39, 0.29) is 87.3 Å². The van der Waals surface area contributed by atoms with Crippen molar-refractivity contribution < 1.29 is 61.9 Å². The fourth-order valence-electron chi connectivity index (χ4n) is 7.40. The number of alkyl halides is 1. The summed E-state index contributed by atoms with van der Waals surface area (Å²) in [7, 11) is 0. The van der Waals surface area contributed by atoms with Gasteiger partial charge in [-0.25, -0.2) is 23.6 Å². The lowest BCUT2D eigenvalue weighted by atomic mass is 9.77. The summed E-state index contributed by atoms with van der Waals surface area (Å²) in [5.74, 6) is -0.534. The van der Waals surface area contributed by atoms with E-state index in [2.05, 4.69) is 0 Å². The topological polar surface area (TPSA) is 174 Å². The number of phenols is 1. The van der Waals surface area contributed by atoms with E-state index in [1.807, 2.05) is 27.7 Å². The number of fused-ring (bicyclic) bond motifs is 6. The monoisotopic (exact) mass is 936 g/mol. The van der Waals surface area contributed by atoms with Gasteiger partial charge in [0.05, 0.1) is 5.56 Å². The van der Waals surface area contributed by atoms with Crippen LogP contribution >= 0.6 is 0 Å². The molecule has 0 radical (unpaired) electrons. The Morgan fingerprint density at radius 1 is 0.612 bits per heavy atom. The van der Waals surface area contributed by atoms with Crippen molar-refractivity contribution in [2.75, 3.05) is 65.6 Å². The quantitative estimate of drug-likeness (QED) is 0.194. The standard InChI is InChI=1S/C46H57FN4O12.2C2H6/c1-43(2,3)61-40(55)49-19-17-48(18-20-50(41(56)62-44(4,5)6)22-24-51(23-21-49)42(57)63-45(7,8)9)38(53)29-10-13-33-32(26-29)39(54)60-46(33)34-14-11-30(52)27-36(34)59-37-28-31(58-25-16-47)12-15-35(37)46;2*1-2/h10-15,26-28,52H,16-25H2,1-9H3;2*1-2H3. The minimum absolute atomic E-state index is 0.0111. The lowest BCUT2D eigenvalue weighted by Crippen LogP contribution is -2.52. The van der Waals surface area contributed by atoms with Crippen molar-refractivity contribution in [2.45, 2.75) is 112 Å². The van der Waals surface area contributed by atoms with E-state index in [4.69, 9.17) is 28.4 Å². The van der Waals surface area contributed by atoms with E-state index in [0.29, 0.717) is 22.4 Å². The number of benzene rings is 3. The highest BCUT2D eigenvalue weighted by Crippen LogP contribution is 2.57. The molecule has 0 saturated carbocycles. The average molecular weight is 937 g/mol. The van der Waals surface area contributed by atoms with Crippen LogP contribution in [0.1, 0.15) is 127 Å². The molecule has 4 amide bonds. The van der Waals surface area contributed by atoms with Crippen LogP contribution in [-0.4, -0.2) is 137 Å². The second-order valence-electron chi connectivity index (χ2n) is 18.5. The van der Waals surface area contributed by atoms with Gasteiger partial charge in [-0.3, -0.25) is 4.79 Å². The summed E-state index contributed by atoms with van der Waals surface area (Å²) in [6.45, 7) is 22.8. The SMILES string of the molecule is CC.CC.CC(C)(C)OC(=O)N1CCN(C(=O)OC(C)(C)C)CCN(C(=O)c2ccc3c(c2)C(=O)OC32c3ccc(O)cc3Oc3cc(OCCF)ccc32)CCN(C(=O)OC(C)(C)C)CC1. The summed E-state index contributed by atoms with van der Waals surface area (Å²) < 4.78 is 48.1. The number of halogens is 1. The predicted molar refractivity (Wildman–Crippen MR) is 250 cm³/mol. The Morgan fingerprint density at radius 2 is 1.03 bits per heavy atom. The van der Waals surface area contributed by atoms with E-state index in [0.717, 1.165) is 0 Å². The summed E-state index contributed by atoms with van der Waals surface area (Å²) >= 11 is 0. The van der Waals surface area contributed by atoms with Gasteiger partial charge in [0.25, 0.3) is 5.91 Å². The molecule has 1 atom stereocenters. The lowest BCUT2D eigenvalue weighted by Gasteiger charge is -2.36. The second kappa shape index (κ2) is 22.0. The molecule has 1 saturated heterocycles. The highest BCUT2D eigenvalue weighted by Gasteiger charge is 2.54. The number of nitrogens with zero attached hydrogens (tertiary/aromatic N) is 4. The van der Waals surface area contributed by atoms with Gasteiger partial charge < -0.3 is 53.1 Å². The number of amides is 4. The van der Waals surface area contributed by atoms with Gasteiger partial charge in [-0.15, -0.1) is 0 Å². The van der Waals surface area contributed by atoms with Gasteiger partial charge in [0.15, 0.2) is 5.60 Å². The zero-order chi connectivity index (χ0) is 50.1. The van der Waals surface area contributed by atoms with Gasteiger partial charge in [0.1, 0.15) is 53.1 Å². The van der Waals surface area contributed by atoms with Crippen LogP contribution < -0.4 is 9.47 Å². The fourth-order valence-corrected chi connectivity index (χ4v) is 7.40. The van der Waals surface area contributed by atoms with Gasteiger partial charge in [-0.05, 0) is 98.7 Å². The Morgan fingerprint density at radius 3 is 1.48 bits per heavy atom. The Hall–Kier alpha value is -6.26. The maximum Gasteiger partial charge on any atom is 0.410 e. The number of esters is 1. The van der Waals surface area contributed by atoms with Crippen molar-refractivity contribution in [3.05, 3.63) is 82.4 Å². The molecule has 1 N–H and O–H groups in total. The molecule has 1 unspecified atom stereocenters. The Labute approximate surface area is 394 Å². The molecule has 17 heteroatoms. The molecule has 0 aliphatic carbocycles. The molecule has 368 valence electrons. The summed E-state index contributed by atoms with van der Waals surface area (Å²) in [6, 6.07) is 13.9. The summed E-state index contributed by atoms with van der Waals surface area (Å²) in [5.41, 5.74) is -2.54. The number of hydrogen-bond acceptors (Lipinski definition) is 12. The normalized spacial score (nSPS) is 17.3. The van der Waals surface area contributed by atoms with Crippen LogP contribution in [0.3, 0.4) is 0 Å². The minimum Gasteiger partial charge on any atom is -0.508 e. The Kier molecular flexibility index (Phi) is 17.5. The Bertz CT molecular complexity index is 2200. The van der Waals surface area contributed by atoms with Gasteiger partial charge in [-0.1, -0.05) is 33.8 Å². The highest BCUT2D eigenvalue weighted by molar-refractivity contribution is 6.01. The van der Waals surface area contributed by atoms with E-state index in [1.54, 1.807) is 98.7 Å². The number of aromatic hydroxyl groups is 1. The van der Waals surface area contributed by atoms with E-state index in [9.17, 15) is 33.5 Å². The van der Waals surface area contributed by atoms with Gasteiger partial charge >= 0.3 is 24.2 Å². The van der Waals surface area contributed by atoms with Gasteiger partial charge in [0.2, 0.25) is 0 Å². The van der Waals surface area contributed by atoms with Crippen LogP contribution in [0.25, 0.3) is 0 Å². The summed E-state index contributed by atoms with van der Waals surface area (Å²) in [4.78, 5) is 75.1. The molecule has 3 aliphatic rings. The number of phenolic OH excluding ortho intramolecular Hbond substituents is 1. The van der Waals surface area contributed by atoms with Crippen LogP contribution in [0.2, 0.25) is 0 Å². The molecule has 3 aromatic rings. The van der Waals surface area contributed by atoms with Crippen molar-refractivity contribution in [1.29, 1.82) is 0 Å². The lowest BCUT2D eigenvalue weighted by molar-refractivity contribution is 0.00479. The number of carbonyl (C=O) groups excluding carboxylic acids is 5. The molecule has 67 heavy (non-hydrogen) atoms. The van der Waals surface area contributed by atoms with Crippen molar-refractivity contribution in [3.63, 3.8) is 0 Å². The molecule has 6 rings (SSSR count). The Balaban J connectivity index is 0.00000238. The maximum absolute atomic E-state index is 14.7.